The SMILES string of the molecule is Cn1cc(COc2nn3c(-c4ccon4)nnc3cc2C(C)(C)C)nn1. The minimum atomic E-state index is -0.188. The highest BCUT2D eigenvalue weighted by molar-refractivity contribution is 5.55. The predicted octanol–water partition coefficient (Wildman–Crippen LogP) is 1.78. The van der Waals surface area contributed by atoms with Crippen LogP contribution in [0.1, 0.15) is 32.0 Å². The molecule has 0 saturated heterocycles. The van der Waals surface area contributed by atoms with Crippen LogP contribution in [0.25, 0.3) is 17.2 Å². The molecule has 0 aliphatic rings. The summed E-state index contributed by atoms with van der Waals surface area (Å²) >= 11 is 0. The minimum Gasteiger partial charge on any atom is -0.470 e. The largest absolute Gasteiger partial charge is 0.470 e. The molecule has 0 bridgehead atoms. The molecule has 0 aliphatic heterocycles. The van der Waals surface area contributed by atoms with Crippen LogP contribution in [0.5, 0.6) is 5.88 Å². The molecule has 0 unspecified atom stereocenters. The fourth-order valence-electron chi connectivity index (χ4n) is 2.55. The van der Waals surface area contributed by atoms with Gasteiger partial charge in [-0.3, -0.25) is 4.68 Å². The van der Waals surface area contributed by atoms with Gasteiger partial charge in [0.05, 0.1) is 6.20 Å². The van der Waals surface area contributed by atoms with Crippen molar-refractivity contribution in [2.75, 3.05) is 0 Å². The first-order valence-corrected chi connectivity index (χ1v) is 8.07. The first kappa shape index (κ1) is 16.2. The molecule has 0 spiro atoms. The number of fused-ring (bicyclic) bond motifs is 1. The van der Waals surface area contributed by atoms with Crippen molar-refractivity contribution < 1.29 is 9.26 Å². The number of aryl methyl sites for hydroxylation is 1. The molecule has 10 nitrogen and oxygen atoms in total. The van der Waals surface area contributed by atoms with Crippen molar-refractivity contribution in [3.63, 3.8) is 0 Å². The van der Waals surface area contributed by atoms with Gasteiger partial charge in [0.2, 0.25) is 11.7 Å². The maximum atomic E-state index is 5.97. The molecule has 134 valence electrons. The molecule has 4 rings (SSSR count). The zero-order valence-corrected chi connectivity index (χ0v) is 14.9. The van der Waals surface area contributed by atoms with E-state index in [1.54, 1.807) is 21.5 Å². The maximum Gasteiger partial charge on any atom is 0.236 e. The lowest BCUT2D eigenvalue weighted by molar-refractivity contribution is 0.276. The zero-order valence-electron chi connectivity index (χ0n) is 14.9. The summed E-state index contributed by atoms with van der Waals surface area (Å²) in [7, 11) is 1.81. The Bertz CT molecular complexity index is 1040. The van der Waals surface area contributed by atoms with Gasteiger partial charge >= 0.3 is 0 Å². The highest BCUT2D eigenvalue weighted by Crippen LogP contribution is 2.31. The fraction of sp³-hybridized carbons (Fsp3) is 0.375. The van der Waals surface area contributed by atoms with Gasteiger partial charge in [0.15, 0.2) is 11.3 Å². The summed E-state index contributed by atoms with van der Waals surface area (Å²) in [5.74, 6) is 0.971. The van der Waals surface area contributed by atoms with E-state index in [9.17, 15) is 0 Å². The first-order chi connectivity index (χ1) is 12.4. The van der Waals surface area contributed by atoms with E-state index in [-0.39, 0.29) is 12.0 Å². The second-order valence-corrected chi connectivity index (χ2v) is 6.96. The number of rotatable bonds is 4. The van der Waals surface area contributed by atoms with Crippen molar-refractivity contribution in [2.45, 2.75) is 32.8 Å². The molecule has 0 atom stereocenters. The van der Waals surface area contributed by atoms with E-state index in [4.69, 9.17) is 9.26 Å². The smallest absolute Gasteiger partial charge is 0.236 e. The Balaban J connectivity index is 1.78. The molecule has 0 aromatic carbocycles. The van der Waals surface area contributed by atoms with Gasteiger partial charge in [0.25, 0.3) is 0 Å². The molecule has 0 amide bonds. The first-order valence-electron chi connectivity index (χ1n) is 8.07. The number of aromatic nitrogens is 8. The average Bonchev–Trinajstić information content (AvgIpc) is 3.31. The van der Waals surface area contributed by atoms with E-state index in [0.717, 1.165) is 11.3 Å². The number of hydrogen-bond donors (Lipinski definition) is 0. The summed E-state index contributed by atoms with van der Waals surface area (Å²) in [5, 5.41) is 24.8. The summed E-state index contributed by atoms with van der Waals surface area (Å²) in [6.45, 7) is 6.52. The maximum absolute atomic E-state index is 5.97. The van der Waals surface area contributed by atoms with Crippen LogP contribution in [0, 0.1) is 0 Å². The van der Waals surface area contributed by atoms with Gasteiger partial charge in [-0.05, 0) is 11.5 Å². The van der Waals surface area contributed by atoms with Crippen LogP contribution in [0.4, 0.5) is 0 Å². The molecule has 0 saturated carbocycles. The predicted molar refractivity (Wildman–Crippen MR) is 90.3 cm³/mol. The second-order valence-electron chi connectivity index (χ2n) is 6.96. The third kappa shape index (κ3) is 2.89. The zero-order chi connectivity index (χ0) is 18.3. The van der Waals surface area contributed by atoms with Crippen molar-refractivity contribution in [2.24, 2.45) is 7.05 Å². The Morgan fingerprint density at radius 3 is 2.69 bits per heavy atom. The Morgan fingerprint density at radius 1 is 1.19 bits per heavy atom. The van der Waals surface area contributed by atoms with Crippen LogP contribution < -0.4 is 4.74 Å². The van der Waals surface area contributed by atoms with Crippen molar-refractivity contribution in [3.8, 4) is 17.4 Å². The quantitative estimate of drug-likeness (QED) is 0.545. The van der Waals surface area contributed by atoms with Gasteiger partial charge in [0, 0.05) is 18.7 Å². The Hall–Kier alpha value is -3.30. The van der Waals surface area contributed by atoms with E-state index < -0.39 is 0 Å². The number of nitrogens with zero attached hydrogens (tertiary/aromatic N) is 8. The van der Waals surface area contributed by atoms with Crippen LogP contribution >= 0.6 is 0 Å². The molecule has 0 radical (unpaired) electrons. The molecule has 0 N–H and O–H groups in total. The Kier molecular flexibility index (Phi) is 3.67. The van der Waals surface area contributed by atoms with Gasteiger partial charge < -0.3 is 9.26 Å². The normalized spacial score (nSPS) is 12.0. The highest BCUT2D eigenvalue weighted by Gasteiger charge is 2.24. The highest BCUT2D eigenvalue weighted by atomic mass is 16.5. The molecule has 26 heavy (non-hydrogen) atoms. The summed E-state index contributed by atoms with van der Waals surface area (Å²) in [6.07, 6.45) is 3.28. The van der Waals surface area contributed by atoms with Crippen molar-refractivity contribution >= 4 is 5.65 Å². The summed E-state index contributed by atoms with van der Waals surface area (Å²) in [5.41, 5.74) is 2.61. The summed E-state index contributed by atoms with van der Waals surface area (Å²) < 4.78 is 14.1. The van der Waals surface area contributed by atoms with Crippen LogP contribution in [-0.2, 0) is 19.1 Å². The second kappa shape index (κ2) is 5.90. The van der Waals surface area contributed by atoms with Gasteiger partial charge in [-0.1, -0.05) is 31.1 Å². The summed E-state index contributed by atoms with van der Waals surface area (Å²) in [6, 6.07) is 3.63. The fourth-order valence-corrected chi connectivity index (χ4v) is 2.55. The van der Waals surface area contributed by atoms with Gasteiger partial charge in [-0.25, -0.2) is 0 Å². The van der Waals surface area contributed by atoms with Crippen LogP contribution in [0.2, 0.25) is 0 Å². The van der Waals surface area contributed by atoms with Crippen LogP contribution in [-0.4, -0.2) is 40.0 Å². The van der Waals surface area contributed by atoms with E-state index in [0.29, 0.717) is 23.0 Å². The third-order valence-electron chi connectivity index (χ3n) is 3.84. The number of hydrogen-bond acceptors (Lipinski definition) is 8. The van der Waals surface area contributed by atoms with Gasteiger partial charge in [-0.15, -0.1) is 20.4 Å². The van der Waals surface area contributed by atoms with Gasteiger partial charge in [0.1, 0.15) is 18.6 Å². The standard InChI is InChI=1S/C16H18N8O2/c1-16(2,3)11-7-13-18-19-14(12-5-6-26-21-12)24(13)20-15(11)25-9-10-8-23(4)22-17-10/h5-8H,9H2,1-4H3. The van der Waals surface area contributed by atoms with Crippen molar-refractivity contribution in [1.82, 2.24) is 40.0 Å². The third-order valence-corrected chi connectivity index (χ3v) is 3.84. The lowest BCUT2D eigenvalue weighted by Crippen LogP contribution is -2.16. The molecule has 0 fully saturated rings. The van der Waals surface area contributed by atoms with Crippen molar-refractivity contribution in [1.29, 1.82) is 0 Å². The lowest BCUT2D eigenvalue weighted by atomic mass is 9.88. The number of ether oxygens (including phenoxy) is 1. The van der Waals surface area contributed by atoms with E-state index in [1.807, 2.05) is 13.1 Å². The molecular weight excluding hydrogens is 336 g/mol. The molecular formula is C16H18N8O2. The molecule has 10 heteroatoms. The van der Waals surface area contributed by atoms with Gasteiger partial charge in [-0.2, -0.15) is 4.52 Å². The topological polar surface area (TPSA) is 109 Å². The van der Waals surface area contributed by atoms with E-state index in [2.05, 4.69) is 51.5 Å². The van der Waals surface area contributed by atoms with Crippen molar-refractivity contribution in [3.05, 3.63) is 35.9 Å². The van der Waals surface area contributed by atoms with E-state index in [1.165, 1.54) is 6.26 Å². The minimum absolute atomic E-state index is 0.188. The summed E-state index contributed by atoms with van der Waals surface area (Å²) in [4.78, 5) is 0. The van der Waals surface area contributed by atoms with Crippen LogP contribution in [0.3, 0.4) is 0 Å². The van der Waals surface area contributed by atoms with Crippen LogP contribution in [0.15, 0.2) is 29.1 Å². The average molecular weight is 354 g/mol. The Labute approximate surface area is 148 Å². The molecule has 4 aromatic heterocycles. The Morgan fingerprint density at radius 2 is 2.04 bits per heavy atom. The monoisotopic (exact) mass is 354 g/mol. The molecule has 4 aromatic rings. The lowest BCUT2D eigenvalue weighted by Gasteiger charge is -2.21. The molecule has 4 heterocycles. The van der Waals surface area contributed by atoms with E-state index >= 15 is 0 Å². The molecule has 0 aliphatic carbocycles.